The average molecular weight is 288 g/mol. The summed E-state index contributed by atoms with van der Waals surface area (Å²) in [5.74, 6) is -2.00. The molecule has 0 bridgehead atoms. The lowest BCUT2D eigenvalue weighted by atomic mass is 9.83. The third-order valence-corrected chi connectivity index (χ3v) is 3.03. The minimum absolute atomic E-state index is 0.00675. The first-order chi connectivity index (χ1) is 8.75. The number of amides is 1. The molecule has 0 aliphatic heterocycles. The second-order valence-electron chi connectivity index (χ2n) is 4.65. The predicted octanol–water partition coefficient (Wildman–Crippen LogP) is 2.35. The quantitative estimate of drug-likeness (QED) is 0.873. The monoisotopic (exact) mass is 287 g/mol. The average Bonchev–Trinajstić information content (AvgIpc) is 2.27. The van der Waals surface area contributed by atoms with Crippen LogP contribution in [0.15, 0.2) is 18.2 Å². The molecule has 0 fully saturated rings. The fourth-order valence-electron chi connectivity index (χ4n) is 1.62. The summed E-state index contributed by atoms with van der Waals surface area (Å²) < 4.78 is 13.8. The van der Waals surface area contributed by atoms with Crippen LogP contribution in [-0.2, 0) is 15.0 Å². The Morgan fingerprint density at radius 1 is 1.42 bits per heavy atom. The molecule has 0 aliphatic rings. The Kier molecular flexibility index (Phi) is 4.89. The zero-order valence-electron chi connectivity index (χ0n) is 10.7. The molecular formula is C13H15ClFNO3. The van der Waals surface area contributed by atoms with Crippen LogP contribution in [0.1, 0.15) is 25.8 Å². The lowest BCUT2D eigenvalue weighted by Crippen LogP contribution is -2.41. The zero-order valence-corrected chi connectivity index (χ0v) is 11.4. The number of hydrogen-bond donors (Lipinski definition) is 2. The summed E-state index contributed by atoms with van der Waals surface area (Å²) in [7, 11) is 0. The van der Waals surface area contributed by atoms with Crippen LogP contribution < -0.4 is 5.32 Å². The van der Waals surface area contributed by atoms with Crippen molar-refractivity contribution in [2.45, 2.75) is 25.7 Å². The van der Waals surface area contributed by atoms with Crippen LogP contribution in [0.5, 0.6) is 0 Å². The van der Waals surface area contributed by atoms with Gasteiger partial charge < -0.3 is 10.4 Å². The van der Waals surface area contributed by atoms with E-state index in [1.165, 1.54) is 12.1 Å². The Morgan fingerprint density at radius 2 is 2.05 bits per heavy atom. The normalized spacial score (nSPS) is 11.2. The minimum Gasteiger partial charge on any atom is -0.481 e. The first-order valence-electron chi connectivity index (χ1n) is 5.70. The third-order valence-electron chi connectivity index (χ3n) is 2.80. The van der Waals surface area contributed by atoms with Gasteiger partial charge >= 0.3 is 5.97 Å². The molecule has 0 atom stereocenters. The van der Waals surface area contributed by atoms with E-state index in [2.05, 4.69) is 5.32 Å². The number of carboxylic acids is 1. The van der Waals surface area contributed by atoms with Crippen molar-refractivity contribution in [3.05, 3.63) is 34.6 Å². The molecule has 6 heteroatoms. The van der Waals surface area contributed by atoms with Crippen LogP contribution in [0.4, 0.5) is 4.39 Å². The molecule has 1 amide bonds. The molecule has 1 rings (SSSR count). The second kappa shape index (κ2) is 6.02. The SMILES string of the molecule is CC(C)(C(=O)NCCC(=O)O)c1ccc(Cl)cc1F. The van der Waals surface area contributed by atoms with E-state index in [1.807, 2.05) is 0 Å². The summed E-state index contributed by atoms with van der Waals surface area (Å²) in [5, 5.41) is 11.2. The van der Waals surface area contributed by atoms with Gasteiger partial charge in [-0.15, -0.1) is 0 Å². The first-order valence-corrected chi connectivity index (χ1v) is 6.08. The molecule has 0 heterocycles. The number of benzene rings is 1. The van der Waals surface area contributed by atoms with Gasteiger partial charge in [-0.2, -0.15) is 0 Å². The number of hydrogen-bond acceptors (Lipinski definition) is 2. The summed E-state index contributed by atoms with van der Waals surface area (Å²) in [6, 6.07) is 4.10. The maximum absolute atomic E-state index is 13.8. The van der Waals surface area contributed by atoms with E-state index in [0.29, 0.717) is 0 Å². The fourth-order valence-corrected chi connectivity index (χ4v) is 1.78. The van der Waals surface area contributed by atoms with Crippen molar-refractivity contribution in [1.82, 2.24) is 5.32 Å². The highest BCUT2D eigenvalue weighted by atomic mass is 35.5. The molecule has 0 unspecified atom stereocenters. The van der Waals surface area contributed by atoms with Gasteiger partial charge in [0.1, 0.15) is 5.82 Å². The van der Waals surface area contributed by atoms with Crippen molar-refractivity contribution in [2.75, 3.05) is 6.54 Å². The van der Waals surface area contributed by atoms with Gasteiger partial charge in [0.2, 0.25) is 5.91 Å². The number of carboxylic acid groups (broad SMARTS) is 1. The largest absolute Gasteiger partial charge is 0.481 e. The highest BCUT2D eigenvalue weighted by Gasteiger charge is 2.32. The lowest BCUT2D eigenvalue weighted by Gasteiger charge is -2.24. The Bertz CT molecular complexity index is 503. The van der Waals surface area contributed by atoms with Gasteiger partial charge in [-0.3, -0.25) is 9.59 Å². The smallest absolute Gasteiger partial charge is 0.305 e. The van der Waals surface area contributed by atoms with Crippen LogP contribution in [0.3, 0.4) is 0 Å². The first kappa shape index (κ1) is 15.4. The molecule has 0 saturated heterocycles. The van der Waals surface area contributed by atoms with E-state index < -0.39 is 23.1 Å². The summed E-state index contributed by atoms with van der Waals surface area (Å²) in [6.45, 7) is 3.14. The van der Waals surface area contributed by atoms with Crippen LogP contribution in [0, 0.1) is 5.82 Å². The minimum atomic E-state index is -1.10. The number of rotatable bonds is 5. The molecule has 104 valence electrons. The highest BCUT2D eigenvalue weighted by molar-refractivity contribution is 6.30. The number of nitrogens with one attached hydrogen (secondary N) is 1. The van der Waals surface area contributed by atoms with Crippen molar-refractivity contribution in [1.29, 1.82) is 0 Å². The van der Waals surface area contributed by atoms with Crippen molar-refractivity contribution in [3.63, 3.8) is 0 Å². The fraction of sp³-hybridized carbons (Fsp3) is 0.385. The van der Waals surface area contributed by atoms with E-state index in [0.717, 1.165) is 6.07 Å². The molecular weight excluding hydrogens is 273 g/mol. The predicted molar refractivity (Wildman–Crippen MR) is 69.7 cm³/mol. The maximum Gasteiger partial charge on any atom is 0.305 e. The van der Waals surface area contributed by atoms with E-state index in [1.54, 1.807) is 13.8 Å². The lowest BCUT2D eigenvalue weighted by molar-refractivity contribution is -0.137. The number of aliphatic carboxylic acids is 1. The Balaban J connectivity index is 2.84. The molecule has 0 radical (unpaired) electrons. The van der Waals surface area contributed by atoms with Crippen molar-refractivity contribution in [3.8, 4) is 0 Å². The summed E-state index contributed by atoms with van der Waals surface area (Å²) >= 11 is 5.66. The second-order valence-corrected chi connectivity index (χ2v) is 5.09. The summed E-state index contributed by atoms with van der Waals surface area (Å²) in [6.07, 6.45) is -0.176. The van der Waals surface area contributed by atoms with Crippen LogP contribution in [0.2, 0.25) is 5.02 Å². The van der Waals surface area contributed by atoms with Crippen LogP contribution in [-0.4, -0.2) is 23.5 Å². The molecule has 2 N–H and O–H groups in total. The van der Waals surface area contributed by atoms with Gasteiger partial charge in [-0.25, -0.2) is 4.39 Å². The highest BCUT2D eigenvalue weighted by Crippen LogP contribution is 2.27. The van der Waals surface area contributed by atoms with Crippen LogP contribution in [0.25, 0.3) is 0 Å². The maximum atomic E-state index is 13.8. The van der Waals surface area contributed by atoms with E-state index in [-0.39, 0.29) is 23.6 Å². The van der Waals surface area contributed by atoms with Crippen molar-refractivity contribution >= 4 is 23.5 Å². The zero-order chi connectivity index (χ0) is 14.6. The molecule has 0 spiro atoms. The molecule has 19 heavy (non-hydrogen) atoms. The van der Waals surface area contributed by atoms with Gasteiger partial charge in [0.05, 0.1) is 11.8 Å². The Labute approximate surface area is 115 Å². The topological polar surface area (TPSA) is 66.4 Å². The van der Waals surface area contributed by atoms with Gasteiger partial charge in [0.15, 0.2) is 0 Å². The summed E-state index contributed by atoms with van der Waals surface area (Å²) in [4.78, 5) is 22.3. The van der Waals surface area contributed by atoms with E-state index in [4.69, 9.17) is 16.7 Å². The molecule has 0 aromatic heterocycles. The standard InChI is InChI=1S/C13H15ClFNO3/c1-13(2,12(19)16-6-5-11(17)18)9-4-3-8(14)7-10(9)15/h3-4,7H,5-6H2,1-2H3,(H,16,19)(H,17,18). The van der Waals surface area contributed by atoms with E-state index >= 15 is 0 Å². The summed E-state index contributed by atoms with van der Waals surface area (Å²) in [5.41, 5.74) is -0.891. The third kappa shape index (κ3) is 3.92. The van der Waals surface area contributed by atoms with E-state index in [9.17, 15) is 14.0 Å². The molecule has 4 nitrogen and oxygen atoms in total. The molecule has 0 saturated carbocycles. The van der Waals surface area contributed by atoms with Crippen LogP contribution >= 0.6 is 11.6 Å². The van der Waals surface area contributed by atoms with Crippen molar-refractivity contribution < 1.29 is 19.1 Å². The van der Waals surface area contributed by atoms with Gasteiger partial charge in [0, 0.05) is 17.1 Å². The molecule has 1 aromatic carbocycles. The number of halogens is 2. The van der Waals surface area contributed by atoms with Gasteiger partial charge in [-0.05, 0) is 26.0 Å². The van der Waals surface area contributed by atoms with Gasteiger partial charge in [-0.1, -0.05) is 17.7 Å². The van der Waals surface area contributed by atoms with Crippen molar-refractivity contribution in [2.24, 2.45) is 0 Å². The number of carbonyl (C=O) groups excluding carboxylic acids is 1. The molecule has 1 aromatic rings. The molecule has 0 aliphatic carbocycles. The Hall–Kier alpha value is -1.62. The van der Waals surface area contributed by atoms with Gasteiger partial charge in [0.25, 0.3) is 0 Å². The number of carbonyl (C=O) groups is 2. The Morgan fingerprint density at radius 3 is 2.58 bits per heavy atom.